The van der Waals surface area contributed by atoms with Crippen molar-refractivity contribution in [1.82, 2.24) is 9.88 Å². The molecule has 0 aliphatic carbocycles. The third-order valence-corrected chi connectivity index (χ3v) is 2.03. The molecule has 70 valence electrons. The van der Waals surface area contributed by atoms with Crippen LogP contribution in [0.3, 0.4) is 0 Å². The Hall–Kier alpha value is -1.00. The molecule has 0 spiro atoms. The number of aromatic nitrogens is 1. The summed E-state index contributed by atoms with van der Waals surface area (Å²) in [4.78, 5) is 6.41. The predicted octanol–water partition coefficient (Wildman–Crippen LogP) is 0.970. The molecule has 0 aromatic carbocycles. The Morgan fingerprint density at radius 3 is 2.38 bits per heavy atom. The highest BCUT2D eigenvalue weighted by molar-refractivity contribution is 7.80. The Morgan fingerprint density at radius 2 is 2.00 bits per heavy atom. The van der Waals surface area contributed by atoms with Gasteiger partial charge in [0.1, 0.15) is 0 Å². The van der Waals surface area contributed by atoms with Crippen LogP contribution in [0.5, 0.6) is 0 Å². The Morgan fingerprint density at radius 1 is 1.46 bits per heavy atom. The van der Waals surface area contributed by atoms with Crippen LogP contribution in [-0.4, -0.2) is 29.0 Å². The fourth-order valence-electron chi connectivity index (χ4n) is 1.26. The molecule has 1 heterocycles. The van der Waals surface area contributed by atoms with E-state index < -0.39 is 0 Å². The highest BCUT2D eigenvalue weighted by Gasteiger charge is 2.15. The minimum absolute atomic E-state index is 0.00185. The number of pyridine rings is 1. The van der Waals surface area contributed by atoms with Crippen LogP contribution in [0, 0.1) is 0 Å². The summed E-state index contributed by atoms with van der Waals surface area (Å²) in [7, 11) is 3.90. The molecule has 0 radical (unpaired) electrons. The van der Waals surface area contributed by atoms with Crippen molar-refractivity contribution < 1.29 is 0 Å². The van der Waals surface area contributed by atoms with E-state index in [1.807, 2.05) is 31.1 Å². The first kappa shape index (κ1) is 10.1. The van der Waals surface area contributed by atoms with Crippen molar-refractivity contribution in [3.05, 3.63) is 30.1 Å². The van der Waals surface area contributed by atoms with Gasteiger partial charge in [0, 0.05) is 12.4 Å². The molecule has 13 heavy (non-hydrogen) atoms. The maximum atomic E-state index is 5.64. The summed E-state index contributed by atoms with van der Waals surface area (Å²) in [6.07, 6.45) is 3.48. The van der Waals surface area contributed by atoms with Gasteiger partial charge in [-0.3, -0.25) is 9.88 Å². The van der Waals surface area contributed by atoms with Gasteiger partial charge in [0.25, 0.3) is 0 Å². The van der Waals surface area contributed by atoms with Gasteiger partial charge in [0.05, 0.1) is 11.0 Å². The van der Waals surface area contributed by atoms with Crippen molar-refractivity contribution in [1.29, 1.82) is 0 Å². The largest absolute Gasteiger partial charge is 0.392 e. The second-order valence-electron chi connectivity index (χ2n) is 3.05. The number of rotatable bonds is 3. The Kier molecular flexibility index (Phi) is 3.33. The van der Waals surface area contributed by atoms with Crippen LogP contribution in [0.2, 0.25) is 0 Å². The van der Waals surface area contributed by atoms with E-state index in [4.69, 9.17) is 18.0 Å². The molecule has 2 N–H and O–H groups in total. The summed E-state index contributed by atoms with van der Waals surface area (Å²) in [5, 5.41) is 0. The minimum atomic E-state index is -0.00185. The Balaban J connectivity index is 2.96. The molecule has 0 fully saturated rings. The lowest BCUT2D eigenvalue weighted by molar-refractivity contribution is 0.371. The van der Waals surface area contributed by atoms with Gasteiger partial charge in [0.15, 0.2) is 0 Å². The summed E-state index contributed by atoms with van der Waals surface area (Å²) in [5.41, 5.74) is 6.72. The van der Waals surface area contributed by atoms with Crippen molar-refractivity contribution in [2.75, 3.05) is 14.1 Å². The summed E-state index contributed by atoms with van der Waals surface area (Å²) in [5.74, 6) is 0. The lowest BCUT2D eigenvalue weighted by Gasteiger charge is -2.23. The topological polar surface area (TPSA) is 42.1 Å². The number of nitrogens with two attached hydrogens (primary N) is 1. The van der Waals surface area contributed by atoms with Crippen LogP contribution >= 0.6 is 12.2 Å². The minimum Gasteiger partial charge on any atom is -0.392 e. The predicted molar refractivity (Wildman–Crippen MR) is 57.5 cm³/mol. The van der Waals surface area contributed by atoms with Crippen molar-refractivity contribution in [3.63, 3.8) is 0 Å². The summed E-state index contributed by atoms with van der Waals surface area (Å²) < 4.78 is 0. The molecule has 0 bridgehead atoms. The van der Waals surface area contributed by atoms with Gasteiger partial charge in [-0.15, -0.1) is 0 Å². The molecule has 0 amide bonds. The van der Waals surface area contributed by atoms with Crippen LogP contribution in [0.1, 0.15) is 11.6 Å². The average molecular weight is 195 g/mol. The summed E-state index contributed by atoms with van der Waals surface area (Å²) in [6, 6.07) is 3.84. The monoisotopic (exact) mass is 195 g/mol. The van der Waals surface area contributed by atoms with Crippen molar-refractivity contribution in [2.45, 2.75) is 6.04 Å². The normalized spacial score (nSPS) is 12.8. The first-order valence-electron chi connectivity index (χ1n) is 3.98. The van der Waals surface area contributed by atoms with Crippen molar-refractivity contribution in [2.24, 2.45) is 5.73 Å². The van der Waals surface area contributed by atoms with Crippen LogP contribution in [0.25, 0.3) is 0 Å². The molecule has 1 aromatic heterocycles. The van der Waals surface area contributed by atoms with Crippen LogP contribution < -0.4 is 5.73 Å². The molecule has 0 aliphatic heterocycles. The van der Waals surface area contributed by atoms with E-state index in [-0.39, 0.29) is 6.04 Å². The van der Waals surface area contributed by atoms with Gasteiger partial charge in [0.2, 0.25) is 0 Å². The van der Waals surface area contributed by atoms with Gasteiger partial charge >= 0.3 is 0 Å². The molecule has 0 aliphatic rings. The second kappa shape index (κ2) is 4.30. The van der Waals surface area contributed by atoms with Gasteiger partial charge in [-0.1, -0.05) is 12.2 Å². The fourth-order valence-corrected chi connectivity index (χ4v) is 1.61. The van der Waals surface area contributed by atoms with E-state index in [0.29, 0.717) is 4.99 Å². The van der Waals surface area contributed by atoms with E-state index in [9.17, 15) is 0 Å². The summed E-state index contributed by atoms with van der Waals surface area (Å²) in [6.45, 7) is 0. The standard InChI is InChI=1S/C9H13N3S/c1-12(2)8(9(10)13)7-3-5-11-6-4-7/h3-6,8H,1-2H3,(H2,10,13). The highest BCUT2D eigenvalue weighted by atomic mass is 32.1. The molecule has 0 saturated carbocycles. The van der Waals surface area contributed by atoms with Crippen LogP contribution in [0.15, 0.2) is 24.5 Å². The lowest BCUT2D eigenvalue weighted by Crippen LogP contribution is -2.31. The maximum absolute atomic E-state index is 5.64. The number of hydrogen-bond donors (Lipinski definition) is 1. The molecule has 1 unspecified atom stereocenters. The van der Waals surface area contributed by atoms with Gasteiger partial charge in [-0.05, 0) is 31.8 Å². The molecule has 1 aromatic rings. The maximum Gasteiger partial charge on any atom is 0.0948 e. The average Bonchev–Trinajstić information content (AvgIpc) is 2.04. The van der Waals surface area contributed by atoms with Crippen molar-refractivity contribution >= 4 is 17.2 Å². The summed E-state index contributed by atoms with van der Waals surface area (Å²) >= 11 is 4.99. The zero-order valence-electron chi connectivity index (χ0n) is 7.77. The SMILES string of the molecule is CN(C)C(C(N)=S)c1ccncc1. The van der Waals surface area contributed by atoms with Crippen LogP contribution in [0.4, 0.5) is 0 Å². The van der Waals surface area contributed by atoms with E-state index in [1.165, 1.54) is 0 Å². The highest BCUT2D eigenvalue weighted by Crippen LogP contribution is 2.16. The zero-order valence-corrected chi connectivity index (χ0v) is 8.58. The molecule has 3 nitrogen and oxygen atoms in total. The number of likely N-dealkylation sites (N-methyl/N-ethyl adjacent to an activating group) is 1. The van der Waals surface area contributed by atoms with E-state index in [2.05, 4.69) is 4.98 Å². The smallest absolute Gasteiger partial charge is 0.0948 e. The quantitative estimate of drug-likeness (QED) is 0.730. The first-order chi connectivity index (χ1) is 6.13. The molecule has 4 heteroatoms. The van der Waals surface area contributed by atoms with E-state index in [0.717, 1.165) is 5.56 Å². The molecule has 1 atom stereocenters. The van der Waals surface area contributed by atoms with Gasteiger partial charge < -0.3 is 5.73 Å². The van der Waals surface area contributed by atoms with Gasteiger partial charge in [-0.25, -0.2) is 0 Å². The number of nitrogens with zero attached hydrogens (tertiary/aromatic N) is 2. The Labute approximate surface area is 83.6 Å². The first-order valence-corrected chi connectivity index (χ1v) is 4.39. The molecule has 0 saturated heterocycles. The molecular formula is C9H13N3S. The number of thiocarbonyl (C=S) groups is 1. The third kappa shape index (κ3) is 2.47. The van der Waals surface area contributed by atoms with Gasteiger partial charge in [-0.2, -0.15) is 0 Å². The van der Waals surface area contributed by atoms with Crippen molar-refractivity contribution in [3.8, 4) is 0 Å². The van der Waals surface area contributed by atoms with Crippen LogP contribution in [-0.2, 0) is 0 Å². The van der Waals surface area contributed by atoms with E-state index >= 15 is 0 Å². The second-order valence-corrected chi connectivity index (χ2v) is 3.52. The Bertz CT molecular complexity index is 284. The fraction of sp³-hybridized carbons (Fsp3) is 0.333. The third-order valence-electron chi connectivity index (χ3n) is 1.81. The van der Waals surface area contributed by atoms with E-state index in [1.54, 1.807) is 12.4 Å². The number of hydrogen-bond acceptors (Lipinski definition) is 3. The zero-order chi connectivity index (χ0) is 9.84. The molecule has 1 rings (SSSR count). The lowest BCUT2D eigenvalue weighted by atomic mass is 10.1. The molecular weight excluding hydrogens is 182 g/mol.